The lowest BCUT2D eigenvalue weighted by atomic mass is 10.2. The van der Waals surface area contributed by atoms with Crippen LogP contribution in [0.4, 0.5) is 5.82 Å². The Balaban J connectivity index is 1.59. The van der Waals surface area contributed by atoms with Crippen LogP contribution in [0.15, 0.2) is 41.5 Å². The van der Waals surface area contributed by atoms with Crippen molar-refractivity contribution in [3.05, 3.63) is 58.1 Å². The van der Waals surface area contributed by atoms with Gasteiger partial charge in [-0.05, 0) is 24.6 Å². The molecule has 1 aliphatic rings. The molecule has 0 radical (unpaired) electrons. The number of nitrogens with zero attached hydrogens (tertiary/aromatic N) is 3. The van der Waals surface area contributed by atoms with E-state index in [-0.39, 0.29) is 17.6 Å². The largest absolute Gasteiger partial charge is 0.375 e. The van der Waals surface area contributed by atoms with E-state index in [4.69, 9.17) is 4.74 Å². The number of pyridine rings is 2. The second kappa shape index (κ2) is 7.48. The Labute approximate surface area is 146 Å². The fraction of sp³-hybridized carbons (Fsp3) is 0.389. The highest BCUT2D eigenvalue weighted by Gasteiger charge is 2.17. The summed E-state index contributed by atoms with van der Waals surface area (Å²) in [6.07, 6.45) is 3.55. The van der Waals surface area contributed by atoms with Crippen LogP contribution in [0.3, 0.4) is 0 Å². The molecule has 0 aliphatic carbocycles. The zero-order valence-electron chi connectivity index (χ0n) is 14.4. The van der Waals surface area contributed by atoms with E-state index in [1.54, 1.807) is 25.5 Å². The number of rotatable bonds is 4. The van der Waals surface area contributed by atoms with Gasteiger partial charge in [-0.3, -0.25) is 9.59 Å². The topological polar surface area (TPSA) is 76.5 Å². The Bertz CT molecular complexity index is 801. The van der Waals surface area contributed by atoms with Crippen LogP contribution in [0.1, 0.15) is 22.8 Å². The second-order valence-electron chi connectivity index (χ2n) is 6.20. The monoisotopic (exact) mass is 342 g/mol. The van der Waals surface area contributed by atoms with Gasteiger partial charge in [-0.15, -0.1) is 0 Å². The molecule has 2 aromatic heterocycles. The molecule has 25 heavy (non-hydrogen) atoms. The quantitative estimate of drug-likeness (QED) is 0.895. The standard InChI is InChI=1S/C18H22N4O3/c1-13-12-22(7-8-25-13)16-4-3-14(10-19-16)11-20-18(24)15-5-6-21(2)17(23)9-15/h3-6,9-10,13H,7-8,11-12H2,1-2H3,(H,20,24). The highest BCUT2D eigenvalue weighted by Crippen LogP contribution is 2.15. The molecule has 1 unspecified atom stereocenters. The molecule has 1 N–H and O–H groups in total. The fourth-order valence-electron chi connectivity index (χ4n) is 2.71. The first kappa shape index (κ1) is 17.2. The first-order valence-electron chi connectivity index (χ1n) is 8.29. The molecule has 1 saturated heterocycles. The van der Waals surface area contributed by atoms with E-state index in [1.807, 2.05) is 19.1 Å². The highest BCUT2D eigenvalue weighted by molar-refractivity contribution is 5.93. The van der Waals surface area contributed by atoms with E-state index in [0.717, 1.165) is 24.5 Å². The molecule has 1 aliphatic heterocycles. The van der Waals surface area contributed by atoms with Crippen molar-refractivity contribution in [1.29, 1.82) is 0 Å². The first-order valence-corrected chi connectivity index (χ1v) is 8.29. The minimum Gasteiger partial charge on any atom is -0.375 e. The Morgan fingerprint density at radius 1 is 1.40 bits per heavy atom. The molecule has 0 saturated carbocycles. The summed E-state index contributed by atoms with van der Waals surface area (Å²) in [5.41, 5.74) is 1.05. The minimum atomic E-state index is -0.274. The number of ether oxygens (including phenoxy) is 1. The molecule has 7 heteroatoms. The predicted molar refractivity (Wildman–Crippen MR) is 94.7 cm³/mol. The maximum Gasteiger partial charge on any atom is 0.251 e. The number of anilines is 1. The summed E-state index contributed by atoms with van der Waals surface area (Å²) in [4.78, 5) is 30.4. The molecule has 3 rings (SSSR count). The van der Waals surface area contributed by atoms with E-state index < -0.39 is 0 Å². The van der Waals surface area contributed by atoms with Crippen LogP contribution in [-0.2, 0) is 18.3 Å². The number of aromatic nitrogens is 2. The van der Waals surface area contributed by atoms with Gasteiger partial charge in [-0.25, -0.2) is 4.98 Å². The van der Waals surface area contributed by atoms with Crippen molar-refractivity contribution in [2.45, 2.75) is 19.6 Å². The Kier molecular flexibility index (Phi) is 5.14. The van der Waals surface area contributed by atoms with Crippen molar-refractivity contribution in [1.82, 2.24) is 14.9 Å². The van der Waals surface area contributed by atoms with Crippen LogP contribution < -0.4 is 15.8 Å². The van der Waals surface area contributed by atoms with Crippen molar-refractivity contribution in [3.63, 3.8) is 0 Å². The van der Waals surface area contributed by atoms with Crippen LogP contribution in [0.25, 0.3) is 0 Å². The third-order valence-corrected chi connectivity index (χ3v) is 4.19. The lowest BCUT2D eigenvalue weighted by Gasteiger charge is -2.32. The summed E-state index contributed by atoms with van der Waals surface area (Å²) in [5.74, 6) is 0.639. The van der Waals surface area contributed by atoms with Crippen LogP contribution in [0.5, 0.6) is 0 Å². The molecule has 3 heterocycles. The van der Waals surface area contributed by atoms with Gasteiger partial charge >= 0.3 is 0 Å². The second-order valence-corrected chi connectivity index (χ2v) is 6.20. The van der Waals surface area contributed by atoms with Gasteiger partial charge in [-0.1, -0.05) is 6.07 Å². The average Bonchev–Trinajstić information content (AvgIpc) is 2.62. The van der Waals surface area contributed by atoms with E-state index in [0.29, 0.717) is 18.7 Å². The SMILES string of the molecule is CC1CN(c2ccc(CNC(=O)c3ccn(C)c(=O)c3)cn2)CCO1. The van der Waals surface area contributed by atoms with Gasteiger partial charge in [0.15, 0.2) is 0 Å². The van der Waals surface area contributed by atoms with E-state index in [1.165, 1.54) is 10.6 Å². The molecule has 132 valence electrons. The van der Waals surface area contributed by atoms with Crippen LogP contribution >= 0.6 is 0 Å². The van der Waals surface area contributed by atoms with Gasteiger partial charge in [-0.2, -0.15) is 0 Å². The van der Waals surface area contributed by atoms with Crippen molar-refractivity contribution in [2.75, 3.05) is 24.6 Å². The van der Waals surface area contributed by atoms with Gasteiger partial charge in [0, 0.05) is 50.7 Å². The molecule has 0 aromatic carbocycles. The van der Waals surface area contributed by atoms with E-state index in [9.17, 15) is 9.59 Å². The number of morpholine rings is 1. The summed E-state index contributed by atoms with van der Waals surface area (Å²) in [6.45, 7) is 4.77. The van der Waals surface area contributed by atoms with Gasteiger partial charge in [0.2, 0.25) is 0 Å². The molecule has 0 bridgehead atoms. The third-order valence-electron chi connectivity index (χ3n) is 4.19. The van der Waals surface area contributed by atoms with E-state index in [2.05, 4.69) is 15.2 Å². The van der Waals surface area contributed by atoms with Gasteiger partial charge in [0.05, 0.1) is 12.7 Å². The number of hydrogen-bond acceptors (Lipinski definition) is 5. The number of hydrogen-bond donors (Lipinski definition) is 1. The van der Waals surface area contributed by atoms with E-state index >= 15 is 0 Å². The molecule has 2 aromatic rings. The van der Waals surface area contributed by atoms with Gasteiger partial charge < -0.3 is 19.5 Å². The lowest BCUT2D eigenvalue weighted by molar-refractivity contribution is 0.0529. The molecular formula is C18H22N4O3. The third kappa shape index (κ3) is 4.24. The lowest BCUT2D eigenvalue weighted by Crippen LogP contribution is -2.41. The Hall–Kier alpha value is -2.67. The Morgan fingerprint density at radius 2 is 2.24 bits per heavy atom. The minimum absolute atomic E-state index is 0.202. The number of nitrogens with one attached hydrogen (secondary N) is 1. The summed E-state index contributed by atoms with van der Waals surface area (Å²) in [7, 11) is 1.65. The predicted octanol–water partition coefficient (Wildman–Crippen LogP) is 0.935. The van der Waals surface area contributed by atoms with Crippen LogP contribution in [0.2, 0.25) is 0 Å². The molecule has 0 spiro atoms. The molecule has 7 nitrogen and oxygen atoms in total. The summed E-state index contributed by atoms with van der Waals surface area (Å²) >= 11 is 0. The zero-order chi connectivity index (χ0) is 17.8. The Morgan fingerprint density at radius 3 is 2.92 bits per heavy atom. The van der Waals surface area contributed by atoms with Gasteiger partial charge in [0.25, 0.3) is 11.5 Å². The maximum atomic E-state index is 12.1. The van der Waals surface area contributed by atoms with Crippen LogP contribution in [-0.4, -0.2) is 41.3 Å². The molecule has 1 fully saturated rings. The van der Waals surface area contributed by atoms with Crippen molar-refractivity contribution < 1.29 is 9.53 Å². The average molecular weight is 342 g/mol. The van der Waals surface area contributed by atoms with Crippen molar-refractivity contribution in [2.24, 2.45) is 7.05 Å². The molecule has 1 atom stereocenters. The van der Waals surface area contributed by atoms with Crippen LogP contribution in [0, 0.1) is 0 Å². The highest BCUT2D eigenvalue weighted by atomic mass is 16.5. The molecular weight excluding hydrogens is 320 g/mol. The number of amides is 1. The number of carbonyl (C=O) groups is 1. The summed E-state index contributed by atoms with van der Waals surface area (Å²) in [6, 6.07) is 6.86. The normalized spacial score (nSPS) is 17.4. The summed E-state index contributed by atoms with van der Waals surface area (Å²) in [5, 5.41) is 2.81. The molecule has 1 amide bonds. The van der Waals surface area contributed by atoms with Crippen molar-refractivity contribution >= 4 is 11.7 Å². The van der Waals surface area contributed by atoms with Crippen molar-refractivity contribution in [3.8, 4) is 0 Å². The number of aryl methyl sites for hydroxylation is 1. The smallest absolute Gasteiger partial charge is 0.251 e. The summed E-state index contributed by atoms with van der Waals surface area (Å²) < 4.78 is 6.96. The first-order chi connectivity index (χ1) is 12.0. The zero-order valence-corrected chi connectivity index (χ0v) is 14.4. The van der Waals surface area contributed by atoms with Gasteiger partial charge in [0.1, 0.15) is 5.82 Å². The fourth-order valence-corrected chi connectivity index (χ4v) is 2.71. The number of carbonyl (C=O) groups excluding carboxylic acids is 1. The maximum absolute atomic E-state index is 12.1.